The normalized spacial score (nSPS) is 21.4. The molecule has 0 radical (unpaired) electrons. The molecule has 4 rings (SSSR count). The number of imide groups is 1. The monoisotopic (exact) mass is 458 g/mol. The summed E-state index contributed by atoms with van der Waals surface area (Å²) in [4.78, 5) is 53.7. The number of nitrogens with one attached hydrogen (secondary N) is 2. The average molecular weight is 459 g/mol. The Hall–Kier alpha value is -2.97. The quantitative estimate of drug-likeness (QED) is 0.661. The Bertz CT molecular complexity index is 967. The van der Waals surface area contributed by atoms with E-state index in [9.17, 15) is 23.6 Å². The van der Waals surface area contributed by atoms with Crippen molar-refractivity contribution in [3.63, 3.8) is 0 Å². The van der Waals surface area contributed by atoms with E-state index in [1.54, 1.807) is 30.9 Å². The maximum absolute atomic E-state index is 13.7. The number of amides is 5. The van der Waals surface area contributed by atoms with Gasteiger partial charge in [0.15, 0.2) is 0 Å². The Labute approximate surface area is 192 Å². The summed E-state index contributed by atoms with van der Waals surface area (Å²) in [6.07, 6.45) is 4.00. The molecule has 1 saturated carbocycles. The highest BCUT2D eigenvalue weighted by Gasteiger charge is 2.54. The molecule has 1 aliphatic carbocycles. The van der Waals surface area contributed by atoms with E-state index in [0.717, 1.165) is 17.7 Å². The van der Waals surface area contributed by atoms with Gasteiger partial charge in [-0.15, -0.1) is 0 Å². The van der Waals surface area contributed by atoms with Crippen molar-refractivity contribution >= 4 is 23.8 Å². The number of hydrogen-bond acceptors (Lipinski definition) is 4. The first-order valence-corrected chi connectivity index (χ1v) is 11.7. The van der Waals surface area contributed by atoms with E-state index in [-0.39, 0.29) is 36.0 Å². The first-order valence-electron chi connectivity index (χ1n) is 11.7. The lowest BCUT2D eigenvalue weighted by Crippen LogP contribution is -2.53. The molecule has 2 heterocycles. The predicted octanol–water partition coefficient (Wildman–Crippen LogP) is 2.24. The van der Waals surface area contributed by atoms with Crippen molar-refractivity contribution in [1.29, 1.82) is 0 Å². The fourth-order valence-corrected chi connectivity index (χ4v) is 5.13. The molecular formula is C24H31FN4O4. The molecule has 0 aromatic heterocycles. The number of carbonyl (C=O) groups excluding carboxylic acids is 4. The Morgan fingerprint density at radius 3 is 2.52 bits per heavy atom. The number of carbonyl (C=O) groups is 4. The largest absolute Gasteiger partial charge is 0.352 e. The number of aryl methyl sites for hydroxylation is 1. The summed E-state index contributed by atoms with van der Waals surface area (Å²) >= 11 is 0. The van der Waals surface area contributed by atoms with Gasteiger partial charge in [-0.1, -0.05) is 25.0 Å². The van der Waals surface area contributed by atoms with Crippen LogP contribution < -0.4 is 10.6 Å². The highest BCUT2D eigenvalue weighted by molar-refractivity contribution is 6.10. The Kier molecular flexibility index (Phi) is 6.41. The molecule has 3 aliphatic rings. The van der Waals surface area contributed by atoms with Gasteiger partial charge in [0.05, 0.1) is 0 Å². The summed E-state index contributed by atoms with van der Waals surface area (Å²) in [5.41, 5.74) is 0.418. The van der Waals surface area contributed by atoms with Crippen LogP contribution in [0.15, 0.2) is 18.2 Å². The molecule has 3 fully saturated rings. The molecule has 1 atom stereocenters. The smallest absolute Gasteiger partial charge is 0.325 e. The topological polar surface area (TPSA) is 98.8 Å². The van der Waals surface area contributed by atoms with Gasteiger partial charge in [-0.25, -0.2) is 14.1 Å². The van der Waals surface area contributed by atoms with E-state index in [1.165, 1.54) is 6.07 Å². The summed E-state index contributed by atoms with van der Waals surface area (Å²) in [6.45, 7) is 4.30. The minimum atomic E-state index is -0.876. The maximum Gasteiger partial charge on any atom is 0.325 e. The van der Waals surface area contributed by atoms with Crippen LogP contribution in [0.3, 0.4) is 0 Å². The molecule has 33 heavy (non-hydrogen) atoms. The molecule has 9 heteroatoms. The van der Waals surface area contributed by atoms with Crippen molar-refractivity contribution in [2.45, 2.75) is 70.5 Å². The van der Waals surface area contributed by atoms with Gasteiger partial charge in [-0.3, -0.25) is 14.4 Å². The van der Waals surface area contributed by atoms with Crippen molar-refractivity contribution in [1.82, 2.24) is 20.4 Å². The molecule has 0 bridgehead atoms. The van der Waals surface area contributed by atoms with Gasteiger partial charge in [0.2, 0.25) is 11.8 Å². The Balaban J connectivity index is 1.28. The van der Waals surface area contributed by atoms with E-state index in [2.05, 4.69) is 10.6 Å². The van der Waals surface area contributed by atoms with Crippen molar-refractivity contribution in [3.05, 3.63) is 35.1 Å². The van der Waals surface area contributed by atoms with Gasteiger partial charge in [-0.05, 0) is 56.7 Å². The zero-order chi connectivity index (χ0) is 23.8. The van der Waals surface area contributed by atoms with Crippen molar-refractivity contribution in [2.75, 3.05) is 13.1 Å². The number of nitrogens with zero attached hydrogens (tertiary/aromatic N) is 2. The van der Waals surface area contributed by atoms with Gasteiger partial charge in [0, 0.05) is 25.6 Å². The van der Waals surface area contributed by atoms with Gasteiger partial charge in [0.1, 0.15) is 17.4 Å². The molecule has 1 aromatic rings. The molecular weight excluding hydrogens is 427 g/mol. The second kappa shape index (κ2) is 9.11. The number of benzene rings is 1. The fourth-order valence-electron chi connectivity index (χ4n) is 5.13. The SMILES string of the molecule is Cc1ccc(CNC(=O)C2CCN(C(=O)C(C)N3C(=O)NC4(CCCC4)C3=O)CC2)cc1F. The lowest BCUT2D eigenvalue weighted by atomic mass is 9.95. The van der Waals surface area contributed by atoms with E-state index in [1.807, 2.05) is 0 Å². The third-order valence-electron chi connectivity index (χ3n) is 7.28. The molecule has 178 valence electrons. The number of halogens is 1. The fraction of sp³-hybridized carbons (Fsp3) is 0.583. The number of hydrogen-bond donors (Lipinski definition) is 2. The number of rotatable bonds is 5. The zero-order valence-electron chi connectivity index (χ0n) is 19.2. The van der Waals surface area contributed by atoms with Crippen LogP contribution in [0.1, 0.15) is 56.6 Å². The third kappa shape index (κ3) is 4.45. The maximum atomic E-state index is 13.7. The van der Waals surface area contributed by atoms with Crippen LogP contribution in [0.4, 0.5) is 9.18 Å². The van der Waals surface area contributed by atoms with Gasteiger partial charge < -0.3 is 15.5 Å². The van der Waals surface area contributed by atoms with E-state index < -0.39 is 17.6 Å². The second-order valence-electron chi connectivity index (χ2n) is 9.47. The van der Waals surface area contributed by atoms with Gasteiger partial charge >= 0.3 is 6.03 Å². The predicted molar refractivity (Wildman–Crippen MR) is 118 cm³/mol. The summed E-state index contributed by atoms with van der Waals surface area (Å²) in [5, 5.41) is 5.67. The van der Waals surface area contributed by atoms with Gasteiger partial charge in [-0.2, -0.15) is 0 Å². The summed E-state index contributed by atoms with van der Waals surface area (Å²) in [6, 6.07) is 3.52. The molecule has 1 spiro atoms. The lowest BCUT2D eigenvalue weighted by Gasteiger charge is -2.34. The highest BCUT2D eigenvalue weighted by atomic mass is 19.1. The molecule has 5 amide bonds. The molecule has 2 N–H and O–H groups in total. The number of piperidine rings is 1. The molecule has 2 aliphatic heterocycles. The summed E-state index contributed by atoms with van der Waals surface area (Å²) in [5.74, 6) is -1.23. The van der Waals surface area contributed by atoms with Crippen LogP contribution in [0.25, 0.3) is 0 Å². The lowest BCUT2D eigenvalue weighted by molar-refractivity contribution is -0.144. The standard InChI is InChI=1S/C24H31FN4O4/c1-15-5-6-17(13-19(15)25)14-26-20(30)18-7-11-28(12-8-18)21(31)16(2)29-22(32)24(27-23(29)33)9-3-4-10-24/h5-6,13,16,18H,3-4,7-12,14H2,1-2H3,(H,26,30)(H,27,33). The Morgan fingerprint density at radius 1 is 1.21 bits per heavy atom. The van der Waals surface area contributed by atoms with Crippen LogP contribution in [0.2, 0.25) is 0 Å². The molecule has 1 unspecified atom stereocenters. The van der Waals surface area contributed by atoms with Crippen LogP contribution in [-0.4, -0.2) is 58.2 Å². The van der Waals surface area contributed by atoms with Crippen molar-refractivity contribution in [3.8, 4) is 0 Å². The zero-order valence-corrected chi connectivity index (χ0v) is 19.2. The minimum Gasteiger partial charge on any atom is -0.352 e. The van der Waals surface area contributed by atoms with Crippen molar-refractivity contribution < 1.29 is 23.6 Å². The number of likely N-dealkylation sites (tertiary alicyclic amines) is 1. The number of urea groups is 1. The molecule has 1 aromatic carbocycles. The van der Waals surface area contributed by atoms with E-state index in [0.29, 0.717) is 49.9 Å². The van der Waals surface area contributed by atoms with E-state index in [4.69, 9.17) is 0 Å². The Morgan fingerprint density at radius 2 is 1.88 bits per heavy atom. The third-order valence-corrected chi connectivity index (χ3v) is 7.28. The second-order valence-corrected chi connectivity index (χ2v) is 9.47. The highest BCUT2D eigenvalue weighted by Crippen LogP contribution is 2.36. The summed E-state index contributed by atoms with van der Waals surface area (Å²) in [7, 11) is 0. The first-order chi connectivity index (χ1) is 15.7. The van der Waals surface area contributed by atoms with Crippen LogP contribution >= 0.6 is 0 Å². The van der Waals surface area contributed by atoms with Crippen molar-refractivity contribution in [2.24, 2.45) is 5.92 Å². The molecule has 8 nitrogen and oxygen atoms in total. The summed E-state index contributed by atoms with van der Waals surface area (Å²) < 4.78 is 13.7. The van der Waals surface area contributed by atoms with Crippen LogP contribution in [-0.2, 0) is 20.9 Å². The van der Waals surface area contributed by atoms with Gasteiger partial charge in [0.25, 0.3) is 5.91 Å². The molecule has 2 saturated heterocycles. The van der Waals surface area contributed by atoms with Crippen LogP contribution in [0.5, 0.6) is 0 Å². The first kappa shape index (κ1) is 23.2. The minimum absolute atomic E-state index is 0.117. The average Bonchev–Trinajstić information content (AvgIpc) is 3.37. The van der Waals surface area contributed by atoms with Crippen LogP contribution in [0, 0.1) is 18.7 Å². The van der Waals surface area contributed by atoms with E-state index >= 15 is 0 Å².